The molecule has 0 aliphatic rings. The lowest BCUT2D eigenvalue weighted by atomic mass is 10.1. The van der Waals surface area contributed by atoms with E-state index in [4.69, 9.17) is 0 Å². The van der Waals surface area contributed by atoms with Gasteiger partial charge >= 0.3 is 0 Å². The van der Waals surface area contributed by atoms with Crippen molar-refractivity contribution >= 4 is 5.91 Å². The Morgan fingerprint density at radius 2 is 2.28 bits per heavy atom. The first-order valence-corrected chi connectivity index (χ1v) is 5.53. The zero-order valence-electron chi connectivity index (χ0n) is 9.93. The molecule has 0 unspecified atom stereocenters. The lowest BCUT2D eigenvalue weighted by Crippen LogP contribution is -2.24. The maximum atomic E-state index is 11.8. The number of amides is 1. The largest absolute Gasteiger partial charge is 0.348 e. The van der Waals surface area contributed by atoms with E-state index >= 15 is 0 Å². The Hall–Kier alpha value is -2.43. The van der Waals surface area contributed by atoms with Gasteiger partial charge in [0.2, 0.25) is 5.56 Å². The molecule has 18 heavy (non-hydrogen) atoms. The van der Waals surface area contributed by atoms with E-state index in [-0.39, 0.29) is 11.5 Å². The summed E-state index contributed by atoms with van der Waals surface area (Å²) in [5.74, 6) is -0.266. The van der Waals surface area contributed by atoms with Gasteiger partial charge in [-0.1, -0.05) is 0 Å². The summed E-state index contributed by atoms with van der Waals surface area (Å²) in [6.07, 6.45) is 4.88. The molecule has 0 aromatic carbocycles. The predicted octanol–water partition coefficient (Wildman–Crippen LogP) is 1.01. The normalized spacial score (nSPS) is 10.1. The molecule has 1 amide bonds. The third kappa shape index (κ3) is 2.82. The molecule has 0 atom stereocenters. The van der Waals surface area contributed by atoms with E-state index in [9.17, 15) is 9.59 Å². The highest BCUT2D eigenvalue weighted by molar-refractivity contribution is 5.93. The van der Waals surface area contributed by atoms with Crippen LogP contribution in [-0.4, -0.2) is 15.9 Å². The topological polar surface area (TPSA) is 74.8 Å². The van der Waals surface area contributed by atoms with Gasteiger partial charge in [0.1, 0.15) is 0 Å². The fourth-order valence-electron chi connectivity index (χ4n) is 1.56. The zero-order valence-corrected chi connectivity index (χ0v) is 9.93. The molecule has 5 nitrogen and oxygen atoms in total. The number of aromatic nitrogens is 2. The highest BCUT2D eigenvalue weighted by atomic mass is 16.2. The summed E-state index contributed by atoms with van der Waals surface area (Å²) in [5, 5.41) is 2.76. The molecule has 2 rings (SSSR count). The van der Waals surface area contributed by atoms with Crippen molar-refractivity contribution in [3.8, 4) is 0 Å². The molecule has 0 aliphatic heterocycles. The van der Waals surface area contributed by atoms with E-state index in [0.717, 1.165) is 11.1 Å². The Bertz CT molecular complexity index is 619. The van der Waals surface area contributed by atoms with Gasteiger partial charge in [-0.25, -0.2) is 0 Å². The predicted molar refractivity (Wildman–Crippen MR) is 67.2 cm³/mol. The second-order valence-electron chi connectivity index (χ2n) is 3.93. The molecule has 0 fully saturated rings. The molecule has 0 aliphatic carbocycles. The standard InChI is InChI=1S/C13H13N3O2/c1-9-7-14-4-2-11(9)8-16-13(18)10-3-5-15-12(17)6-10/h2-7H,8H2,1H3,(H,15,17)(H,16,18). The number of nitrogens with one attached hydrogen (secondary N) is 2. The number of carbonyl (C=O) groups is 1. The minimum atomic E-state index is -0.289. The highest BCUT2D eigenvalue weighted by Crippen LogP contribution is 2.04. The Balaban J connectivity index is 2.05. The second-order valence-corrected chi connectivity index (χ2v) is 3.93. The van der Waals surface area contributed by atoms with E-state index in [1.807, 2.05) is 13.0 Å². The average molecular weight is 243 g/mol. The molecule has 0 spiro atoms. The van der Waals surface area contributed by atoms with Gasteiger partial charge in [0.25, 0.3) is 5.91 Å². The molecule has 2 heterocycles. The summed E-state index contributed by atoms with van der Waals surface area (Å²) < 4.78 is 0. The van der Waals surface area contributed by atoms with Crippen molar-refractivity contribution in [1.29, 1.82) is 0 Å². The van der Waals surface area contributed by atoms with Crippen molar-refractivity contribution in [2.45, 2.75) is 13.5 Å². The second kappa shape index (κ2) is 5.27. The molecule has 0 saturated carbocycles. The smallest absolute Gasteiger partial charge is 0.251 e. The summed E-state index contributed by atoms with van der Waals surface area (Å²) in [7, 11) is 0. The van der Waals surface area contributed by atoms with Crippen LogP contribution in [0.15, 0.2) is 41.6 Å². The number of hydrogen-bond acceptors (Lipinski definition) is 3. The monoisotopic (exact) mass is 243 g/mol. The highest BCUT2D eigenvalue weighted by Gasteiger charge is 2.06. The van der Waals surface area contributed by atoms with Gasteiger partial charge < -0.3 is 10.3 Å². The van der Waals surface area contributed by atoms with Crippen LogP contribution in [0, 0.1) is 6.92 Å². The molecule has 0 bridgehead atoms. The number of aromatic amines is 1. The third-order valence-electron chi connectivity index (χ3n) is 2.61. The number of hydrogen-bond donors (Lipinski definition) is 2. The van der Waals surface area contributed by atoms with Crippen LogP contribution in [0.3, 0.4) is 0 Å². The van der Waals surface area contributed by atoms with Crippen LogP contribution >= 0.6 is 0 Å². The van der Waals surface area contributed by atoms with Gasteiger partial charge in [-0.15, -0.1) is 0 Å². The Kier molecular flexibility index (Phi) is 3.52. The van der Waals surface area contributed by atoms with Crippen molar-refractivity contribution in [2.75, 3.05) is 0 Å². The molecule has 2 aromatic rings. The van der Waals surface area contributed by atoms with Crippen LogP contribution in [0.25, 0.3) is 0 Å². The number of carbonyl (C=O) groups excluding carboxylic acids is 1. The van der Waals surface area contributed by atoms with E-state index < -0.39 is 0 Å². The lowest BCUT2D eigenvalue weighted by Gasteiger charge is -2.07. The molecule has 5 heteroatoms. The number of rotatable bonds is 3. The van der Waals surface area contributed by atoms with Crippen molar-refractivity contribution in [1.82, 2.24) is 15.3 Å². The number of H-pyrrole nitrogens is 1. The van der Waals surface area contributed by atoms with E-state index in [1.54, 1.807) is 18.5 Å². The fraction of sp³-hybridized carbons (Fsp3) is 0.154. The number of nitrogens with zero attached hydrogens (tertiary/aromatic N) is 1. The molecule has 2 N–H and O–H groups in total. The maximum Gasteiger partial charge on any atom is 0.251 e. The molecule has 0 radical (unpaired) electrons. The summed E-state index contributed by atoms with van der Waals surface area (Å²) in [6.45, 7) is 2.35. The maximum absolute atomic E-state index is 11.8. The van der Waals surface area contributed by atoms with Gasteiger partial charge in [0.15, 0.2) is 0 Å². The Morgan fingerprint density at radius 3 is 3.00 bits per heavy atom. The first kappa shape index (κ1) is 12.0. The number of pyridine rings is 2. The van der Waals surface area contributed by atoms with Crippen LogP contribution in [0.1, 0.15) is 21.5 Å². The molecular formula is C13H13N3O2. The van der Waals surface area contributed by atoms with Crippen LogP contribution in [0.4, 0.5) is 0 Å². The van der Waals surface area contributed by atoms with Crippen molar-refractivity contribution in [2.24, 2.45) is 0 Å². The van der Waals surface area contributed by atoms with Crippen molar-refractivity contribution < 1.29 is 4.79 Å². The summed E-state index contributed by atoms with van der Waals surface area (Å²) >= 11 is 0. The van der Waals surface area contributed by atoms with Crippen molar-refractivity contribution in [3.05, 3.63) is 63.8 Å². The quantitative estimate of drug-likeness (QED) is 0.844. The van der Waals surface area contributed by atoms with Crippen molar-refractivity contribution in [3.63, 3.8) is 0 Å². The zero-order chi connectivity index (χ0) is 13.0. The van der Waals surface area contributed by atoms with E-state index in [1.165, 1.54) is 12.3 Å². The molecule has 2 aromatic heterocycles. The molecule has 0 saturated heterocycles. The molecule has 92 valence electrons. The summed E-state index contributed by atoms with van der Waals surface area (Å²) in [6, 6.07) is 4.69. The first-order valence-electron chi connectivity index (χ1n) is 5.53. The Morgan fingerprint density at radius 1 is 1.44 bits per heavy atom. The minimum Gasteiger partial charge on any atom is -0.348 e. The Labute approximate surface area is 104 Å². The van der Waals surface area contributed by atoms with E-state index in [2.05, 4.69) is 15.3 Å². The summed E-state index contributed by atoms with van der Waals surface area (Å²) in [5.41, 5.74) is 2.08. The van der Waals surface area contributed by atoms with Crippen LogP contribution < -0.4 is 10.9 Å². The van der Waals surface area contributed by atoms with Gasteiger partial charge in [-0.05, 0) is 30.2 Å². The summed E-state index contributed by atoms with van der Waals surface area (Å²) in [4.78, 5) is 29.3. The van der Waals surface area contributed by atoms with E-state index in [0.29, 0.717) is 12.1 Å². The first-order chi connectivity index (χ1) is 8.66. The van der Waals surface area contributed by atoms with Crippen LogP contribution in [-0.2, 0) is 6.54 Å². The number of aryl methyl sites for hydroxylation is 1. The van der Waals surface area contributed by atoms with Gasteiger partial charge in [-0.2, -0.15) is 0 Å². The van der Waals surface area contributed by atoms with Crippen LogP contribution in [0.5, 0.6) is 0 Å². The third-order valence-corrected chi connectivity index (χ3v) is 2.61. The van der Waals surface area contributed by atoms with Crippen LogP contribution in [0.2, 0.25) is 0 Å². The minimum absolute atomic E-state index is 0.266. The average Bonchev–Trinajstić information content (AvgIpc) is 2.37. The fourth-order valence-corrected chi connectivity index (χ4v) is 1.56. The SMILES string of the molecule is Cc1cnccc1CNC(=O)c1cc[nH]c(=O)c1. The lowest BCUT2D eigenvalue weighted by molar-refractivity contribution is 0.0950. The van der Waals surface area contributed by atoms with Gasteiger partial charge in [0.05, 0.1) is 0 Å². The molecular weight excluding hydrogens is 230 g/mol. The van der Waals surface area contributed by atoms with Gasteiger partial charge in [0, 0.05) is 36.8 Å². The van der Waals surface area contributed by atoms with Gasteiger partial charge in [-0.3, -0.25) is 14.6 Å².